The van der Waals surface area contributed by atoms with Crippen LogP contribution in [0.2, 0.25) is 5.02 Å². The maximum Gasteiger partial charge on any atom is 0.251 e. The van der Waals surface area contributed by atoms with E-state index in [1.54, 1.807) is 31.0 Å². The number of benzene rings is 2. The number of thioether (sulfide) groups is 1. The molecule has 1 aliphatic rings. The number of methoxy groups -OCH3 is 1. The van der Waals surface area contributed by atoms with Gasteiger partial charge in [0.1, 0.15) is 5.37 Å². The lowest BCUT2D eigenvalue weighted by Gasteiger charge is -2.24. The fourth-order valence-corrected chi connectivity index (χ4v) is 4.40. The number of carbonyl (C=O) groups is 2. The fourth-order valence-electron chi connectivity index (χ4n) is 3.09. The Morgan fingerprint density at radius 1 is 1.25 bits per heavy atom. The standard InChI is InChI=1S/C21H23ClN2O3S/c1-14(12-27-2)23-20(26)16-5-7-17(8-6-16)21-24(19(25)13-28-21)11-15-3-9-18(22)10-4-15/h3-10,14,21H,11-13H2,1-2H3,(H,23,26)/t14-,21+/m0/s1. The van der Waals surface area contributed by atoms with E-state index in [4.69, 9.17) is 16.3 Å². The molecule has 0 bridgehead atoms. The quantitative estimate of drug-likeness (QED) is 0.741. The van der Waals surface area contributed by atoms with Crippen molar-refractivity contribution in [3.63, 3.8) is 0 Å². The van der Waals surface area contributed by atoms with Crippen molar-refractivity contribution in [1.82, 2.24) is 10.2 Å². The minimum Gasteiger partial charge on any atom is -0.383 e. The third-order valence-corrected chi connectivity index (χ3v) is 5.99. The third-order valence-electron chi connectivity index (χ3n) is 4.49. The van der Waals surface area contributed by atoms with Crippen molar-refractivity contribution < 1.29 is 14.3 Å². The Balaban J connectivity index is 1.70. The van der Waals surface area contributed by atoms with Gasteiger partial charge in [-0.1, -0.05) is 35.9 Å². The van der Waals surface area contributed by atoms with Crippen molar-refractivity contribution in [2.45, 2.75) is 24.9 Å². The molecular weight excluding hydrogens is 396 g/mol. The van der Waals surface area contributed by atoms with Crippen molar-refractivity contribution in [3.8, 4) is 0 Å². The van der Waals surface area contributed by atoms with E-state index in [0.29, 0.717) is 29.5 Å². The molecule has 1 N–H and O–H groups in total. The first kappa shape index (κ1) is 20.7. The Kier molecular flexibility index (Phi) is 6.99. The molecule has 7 heteroatoms. The molecule has 0 unspecified atom stereocenters. The number of nitrogens with one attached hydrogen (secondary N) is 1. The van der Waals surface area contributed by atoms with E-state index >= 15 is 0 Å². The van der Waals surface area contributed by atoms with Crippen molar-refractivity contribution in [3.05, 3.63) is 70.2 Å². The van der Waals surface area contributed by atoms with Crippen LogP contribution >= 0.6 is 23.4 Å². The summed E-state index contributed by atoms with van der Waals surface area (Å²) in [6.45, 7) is 2.89. The molecule has 148 valence electrons. The Bertz CT molecular complexity index is 827. The van der Waals surface area contributed by atoms with E-state index in [1.165, 1.54) is 0 Å². The predicted molar refractivity (Wildman–Crippen MR) is 112 cm³/mol. The molecule has 1 aliphatic heterocycles. The van der Waals surface area contributed by atoms with Crippen LogP contribution in [-0.2, 0) is 16.1 Å². The molecule has 0 spiro atoms. The van der Waals surface area contributed by atoms with Gasteiger partial charge in [0, 0.05) is 30.3 Å². The number of amides is 2. The molecule has 1 saturated heterocycles. The van der Waals surface area contributed by atoms with Crippen LogP contribution in [-0.4, -0.2) is 42.2 Å². The smallest absolute Gasteiger partial charge is 0.251 e. The normalized spacial score (nSPS) is 17.6. The number of rotatable bonds is 7. The van der Waals surface area contributed by atoms with Gasteiger partial charge in [-0.25, -0.2) is 0 Å². The monoisotopic (exact) mass is 418 g/mol. The van der Waals surface area contributed by atoms with Gasteiger partial charge in [0.15, 0.2) is 0 Å². The summed E-state index contributed by atoms with van der Waals surface area (Å²) >= 11 is 7.55. The van der Waals surface area contributed by atoms with Gasteiger partial charge < -0.3 is 15.0 Å². The van der Waals surface area contributed by atoms with Crippen LogP contribution in [0.15, 0.2) is 48.5 Å². The van der Waals surface area contributed by atoms with Crippen LogP contribution in [0.4, 0.5) is 0 Å². The first-order valence-electron chi connectivity index (χ1n) is 9.03. The highest BCUT2D eigenvalue weighted by molar-refractivity contribution is 8.00. The van der Waals surface area contributed by atoms with E-state index in [-0.39, 0.29) is 23.2 Å². The molecule has 2 atom stereocenters. The van der Waals surface area contributed by atoms with E-state index in [9.17, 15) is 9.59 Å². The fraction of sp³-hybridized carbons (Fsp3) is 0.333. The van der Waals surface area contributed by atoms with Gasteiger partial charge >= 0.3 is 0 Å². The Labute approximate surface area is 174 Å². The molecule has 0 aliphatic carbocycles. The van der Waals surface area contributed by atoms with Gasteiger partial charge in [-0.05, 0) is 42.3 Å². The summed E-state index contributed by atoms with van der Waals surface area (Å²) in [5, 5.41) is 3.51. The maximum absolute atomic E-state index is 12.4. The Morgan fingerprint density at radius 2 is 1.93 bits per heavy atom. The maximum atomic E-state index is 12.4. The summed E-state index contributed by atoms with van der Waals surface area (Å²) in [5.74, 6) is 0.430. The zero-order valence-electron chi connectivity index (χ0n) is 15.9. The van der Waals surface area contributed by atoms with Gasteiger partial charge in [-0.3, -0.25) is 9.59 Å². The molecule has 0 aromatic heterocycles. The molecule has 1 fully saturated rings. The molecule has 2 aromatic carbocycles. The molecule has 3 rings (SSSR count). The lowest BCUT2D eigenvalue weighted by molar-refractivity contribution is -0.128. The number of hydrogen-bond acceptors (Lipinski definition) is 4. The highest BCUT2D eigenvalue weighted by Crippen LogP contribution is 2.39. The first-order valence-corrected chi connectivity index (χ1v) is 10.5. The molecule has 2 aromatic rings. The summed E-state index contributed by atoms with van der Waals surface area (Å²) in [7, 11) is 1.60. The van der Waals surface area contributed by atoms with Gasteiger partial charge in [0.05, 0.1) is 12.4 Å². The minimum atomic E-state index is -0.135. The summed E-state index contributed by atoms with van der Waals surface area (Å²) in [6, 6.07) is 14.9. The molecule has 28 heavy (non-hydrogen) atoms. The minimum absolute atomic E-state index is 0.0601. The van der Waals surface area contributed by atoms with E-state index < -0.39 is 0 Å². The van der Waals surface area contributed by atoms with Gasteiger partial charge in [0.2, 0.25) is 5.91 Å². The van der Waals surface area contributed by atoms with Gasteiger partial charge in [-0.2, -0.15) is 0 Å². The number of hydrogen-bond donors (Lipinski definition) is 1. The first-order chi connectivity index (χ1) is 13.5. The number of carbonyl (C=O) groups excluding carboxylic acids is 2. The van der Waals surface area contributed by atoms with Crippen molar-refractivity contribution >= 4 is 35.2 Å². The summed E-state index contributed by atoms with van der Waals surface area (Å²) < 4.78 is 5.04. The Hall–Kier alpha value is -2.02. The highest BCUT2D eigenvalue weighted by Gasteiger charge is 2.32. The number of halogens is 1. The molecular formula is C21H23ClN2O3S. The summed E-state index contributed by atoms with van der Waals surface area (Å²) in [4.78, 5) is 26.6. The molecule has 0 radical (unpaired) electrons. The number of nitrogens with zero attached hydrogens (tertiary/aromatic N) is 1. The van der Waals surface area contributed by atoms with Gasteiger partial charge in [0.25, 0.3) is 5.91 Å². The molecule has 1 heterocycles. The average molecular weight is 419 g/mol. The van der Waals surface area contributed by atoms with Crippen LogP contribution in [0.1, 0.15) is 33.8 Å². The second-order valence-electron chi connectivity index (χ2n) is 6.76. The molecule has 0 saturated carbocycles. The van der Waals surface area contributed by atoms with Crippen LogP contribution in [0.5, 0.6) is 0 Å². The number of ether oxygens (including phenoxy) is 1. The van der Waals surface area contributed by atoms with Crippen LogP contribution in [0, 0.1) is 0 Å². The highest BCUT2D eigenvalue weighted by atomic mass is 35.5. The largest absolute Gasteiger partial charge is 0.383 e. The SMILES string of the molecule is COC[C@H](C)NC(=O)c1ccc([C@H]2SCC(=O)N2Cc2ccc(Cl)cc2)cc1. The zero-order chi connectivity index (χ0) is 20.1. The lowest BCUT2D eigenvalue weighted by atomic mass is 10.1. The van der Waals surface area contributed by atoms with E-state index in [0.717, 1.165) is 11.1 Å². The second-order valence-corrected chi connectivity index (χ2v) is 8.27. The van der Waals surface area contributed by atoms with Crippen LogP contribution < -0.4 is 5.32 Å². The zero-order valence-corrected chi connectivity index (χ0v) is 17.4. The average Bonchev–Trinajstić information content (AvgIpc) is 3.04. The lowest BCUT2D eigenvalue weighted by Crippen LogP contribution is -2.35. The topological polar surface area (TPSA) is 58.6 Å². The second kappa shape index (κ2) is 9.45. The molecule has 5 nitrogen and oxygen atoms in total. The molecule has 2 amide bonds. The summed E-state index contributed by atoms with van der Waals surface area (Å²) in [6.07, 6.45) is 0. The Morgan fingerprint density at radius 3 is 2.57 bits per heavy atom. The predicted octanol–water partition coefficient (Wildman–Crippen LogP) is 3.88. The van der Waals surface area contributed by atoms with Gasteiger partial charge in [-0.15, -0.1) is 11.8 Å². The van der Waals surface area contributed by atoms with Crippen molar-refractivity contribution in [1.29, 1.82) is 0 Å². The van der Waals surface area contributed by atoms with E-state index in [1.807, 2.05) is 48.2 Å². The van der Waals surface area contributed by atoms with Crippen LogP contribution in [0.3, 0.4) is 0 Å². The third kappa shape index (κ3) is 5.07. The van der Waals surface area contributed by atoms with Crippen molar-refractivity contribution in [2.75, 3.05) is 19.5 Å². The van der Waals surface area contributed by atoms with Crippen molar-refractivity contribution in [2.24, 2.45) is 0 Å². The summed E-state index contributed by atoms with van der Waals surface area (Å²) in [5.41, 5.74) is 2.63. The van der Waals surface area contributed by atoms with Crippen LogP contribution in [0.25, 0.3) is 0 Å². The van der Waals surface area contributed by atoms with E-state index in [2.05, 4.69) is 5.32 Å².